The summed E-state index contributed by atoms with van der Waals surface area (Å²) in [5.41, 5.74) is -0.583. The van der Waals surface area contributed by atoms with Crippen LogP contribution in [0, 0.1) is 0 Å². The zero-order valence-corrected chi connectivity index (χ0v) is 14.5. The van der Waals surface area contributed by atoms with Gasteiger partial charge in [-0.15, -0.1) is 0 Å². The van der Waals surface area contributed by atoms with Gasteiger partial charge in [-0.2, -0.15) is 0 Å². The minimum absolute atomic E-state index is 0.0918. The number of alkyl halides is 2. The van der Waals surface area contributed by atoms with Crippen molar-refractivity contribution >= 4 is 15.8 Å². The smallest absolute Gasteiger partial charge is 0.338 e. The number of benzene rings is 1. The first-order valence-electron chi connectivity index (χ1n) is 7.37. The molecule has 0 N–H and O–H groups in total. The number of carbonyl (C=O) groups is 1. The van der Waals surface area contributed by atoms with Crippen molar-refractivity contribution in [2.45, 2.75) is 50.3 Å². The summed E-state index contributed by atoms with van der Waals surface area (Å²) in [4.78, 5) is 11.6. The van der Waals surface area contributed by atoms with Gasteiger partial charge in [-0.05, 0) is 30.0 Å². The Kier molecular flexibility index (Phi) is 6.68. The van der Waals surface area contributed by atoms with Gasteiger partial charge in [0.1, 0.15) is 0 Å². The Morgan fingerprint density at radius 1 is 1.26 bits per heavy atom. The van der Waals surface area contributed by atoms with Gasteiger partial charge in [-0.3, -0.25) is 0 Å². The lowest BCUT2D eigenvalue weighted by Gasteiger charge is -2.19. The Balaban J connectivity index is 3.60. The molecule has 0 radical (unpaired) electrons. The van der Waals surface area contributed by atoms with E-state index in [2.05, 4.69) is 4.74 Å². The third-order valence-corrected chi connectivity index (χ3v) is 4.90. The van der Waals surface area contributed by atoms with Crippen LogP contribution in [0.2, 0.25) is 0 Å². The summed E-state index contributed by atoms with van der Waals surface area (Å²) in [6.07, 6.45) is 0.559. The van der Waals surface area contributed by atoms with E-state index >= 15 is 0 Å². The molecule has 130 valence electrons. The zero-order valence-electron chi connectivity index (χ0n) is 13.7. The number of unbranched alkanes of at least 4 members (excludes halogenated alkanes) is 1. The lowest BCUT2D eigenvalue weighted by molar-refractivity contribution is 0.0589. The van der Waals surface area contributed by atoms with Gasteiger partial charge in [-0.25, -0.2) is 22.0 Å². The molecule has 0 amide bonds. The molecule has 7 heteroatoms. The minimum Gasteiger partial charge on any atom is -0.465 e. The number of carbonyl (C=O) groups excluding carboxylic acids is 1. The molecule has 1 rings (SSSR count). The Hall–Kier alpha value is -1.50. The molecule has 0 fully saturated rings. The maximum atomic E-state index is 13.3. The summed E-state index contributed by atoms with van der Waals surface area (Å²) in [5.74, 6) is -1.18. The Morgan fingerprint density at radius 2 is 1.87 bits per heavy atom. The highest BCUT2D eigenvalue weighted by Crippen LogP contribution is 2.34. The Bertz CT molecular complexity index is 669. The normalized spacial score (nSPS) is 13.2. The quantitative estimate of drug-likeness (QED) is 0.696. The molecular formula is C16H22F2O4S. The van der Waals surface area contributed by atoms with Crippen LogP contribution in [0.4, 0.5) is 8.78 Å². The van der Waals surface area contributed by atoms with Gasteiger partial charge >= 0.3 is 5.97 Å². The van der Waals surface area contributed by atoms with Crippen LogP contribution >= 0.6 is 0 Å². The number of hydrogen-bond acceptors (Lipinski definition) is 4. The highest BCUT2D eigenvalue weighted by Gasteiger charge is 2.26. The van der Waals surface area contributed by atoms with E-state index in [9.17, 15) is 22.0 Å². The van der Waals surface area contributed by atoms with Crippen LogP contribution in [0.1, 0.15) is 66.9 Å². The van der Waals surface area contributed by atoms with Crippen molar-refractivity contribution < 1.29 is 26.7 Å². The second-order valence-corrected chi connectivity index (χ2v) is 7.57. The number of hydrogen-bond donors (Lipinski definition) is 0. The third kappa shape index (κ3) is 4.73. The molecule has 1 aromatic rings. The number of methoxy groups -OCH3 is 1. The van der Waals surface area contributed by atoms with Crippen LogP contribution in [0.25, 0.3) is 0 Å². The fraction of sp³-hybridized carbons (Fsp3) is 0.562. The molecule has 4 nitrogen and oxygen atoms in total. The summed E-state index contributed by atoms with van der Waals surface area (Å²) in [6, 6.07) is 2.15. The van der Waals surface area contributed by atoms with Crippen molar-refractivity contribution in [3.05, 3.63) is 28.8 Å². The molecule has 23 heavy (non-hydrogen) atoms. The largest absolute Gasteiger partial charge is 0.465 e. The van der Waals surface area contributed by atoms with E-state index in [0.29, 0.717) is 12.0 Å². The van der Waals surface area contributed by atoms with Gasteiger partial charge in [0.05, 0.1) is 17.6 Å². The van der Waals surface area contributed by atoms with Gasteiger partial charge in [-0.1, -0.05) is 26.7 Å². The van der Waals surface area contributed by atoms with Gasteiger partial charge in [0.25, 0.3) is 6.43 Å². The molecule has 0 bridgehead atoms. The van der Waals surface area contributed by atoms with Crippen LogP contribution < -0.4 is 0 Å². The predicted octanol–water partition coefficient (Wildman–Crippen LogP) is 4.11. The average molecular weight is 348 g/mol. The van der Waals surface area contributed by atoms with Crippen LogP contribution in [0.15, 0.2) is 17.0 Å². The van der Waals surface area contributed by atoms with E-state index in [1.165, 1.54) is 0 Å². The van der Waals surface area contributed by atoms with Crippen molar-refractivity contribution in [2.75, 3.05) is 13.4 Å². The number of ether oxygens (including phenoxy) is 1. The molecule has 1 unspecified atom stereocenters. The van der Waals surface area contributed by atoms with E-state index < -0.39 is 33.4 Å². The second-order valence-electron chi connectivity index (χ2n) is 5.59. The second kappa shape index (κ2) is 7.86. The molecule has 0 aliphatic carbocycles. The van der Waals surface area contributed by atoms with Crippen molar-refractivity contribution in [3.8, 4) is 0 Å². The molecule has 0 heterocycles. The summed E-state index contributed by atoms with van der Waals surface area (Å²) in [6.45, 7) is 3.79. The molecule has 1 aromatic carbocycles. The Morgan fingerprint density at radius 3 is 2.30 bits per heavy atom. The molecular weight excluding hydrogens is 326 g/mol. The van der Waals surface area contributed by atoms with E-state index in [1.807, 2.05) is 6.92 Å². The number of esters is 1. The van der Waals surface area contributed by atoms with Crippen LogP contribution in [0.3, 0.4) is 0 Å². The SMILES string of the molecule is CCCCC(C)c1cc(C(F)F)c(C(=O)OC)cc1S(C)(=O)=O. The summed E-state index contributed by atoms with van der Waals surface area (Å²) in [5, 5.41) is 0. The lowest BCUT2D eigenvalue weighted by Crippen LogP contribution is -2.13. The summed E-state index contributed by atoms with van der Waals surface area (Å²) >= 11 is 0. The first-order valence-corrected chi connectivity index (χ1v) is 9.26. The molecule has 0 saturated heterocycles. The maximum Gasteiger partial charge on any atom is 0.338 e. The zero-order chi connectivity index (χ0) is 17.8. The van der Waals surface area contributed by atoms with Crippen molar-refractivity contribution in [1.29, 1.82) is 0 Å². The highest BCUT2D eigenvalue weighted by atomic mass is 32.2. The number of rotatable bonds is 7. The van der Waals surface area contributed by atoms with Gasteiger partial charge in [0.15, 0.2) is 9.84 Å². The van der Waals surface area contributed by atoms with Crippen molar-refractivity contribution in [3.63, 3.8) is 0 Å². The first kappa shape index (κ1) is 19.5. The van der Waals surface area contributed by atoms with Gasteiger partial charge in [0, 0.05) is 11.8 Å². The lowest BCUT2D eigenvalue weighted by atomic mass is 9.92. The van der Waals surface area contributed by atoms with E-state index in [-0.39, 0.29) is 10.8 Å². The molecule has 0 spiro atoms. The van der Waals surface area contributed by atoms with E-state index in [1.54, 1.807) is 6.92 Å². The minimum atomic E-state index is -3.66. The van der Waals surface area contributed by atoms with Crippen LogP contribution in [-0.4, -0.2) is 27.8 Å². The van der Waals surface area contributed by atoms with E-state index in [0.717, 1.165) is 38.3 Å². The number of halogens is 2. The van der Waals surface area contributed by atoms with Crippen LogP contribution in [-0.2, 0) is 14.6 Å². The number of sulfone groups is 1. The molecule has 0 aliphatic rings. The fourth-order valence-corrected chi connectivity index (χ4v) is 3.47. The standard InChI is InChI=1S/C16H22F2O4S/c1-5-6-7-10(2)11-8-12(15(17)18)13(16(19)22-3)9-14(11)23(4,20)21/h8-10,15H,5-7H2,1-4H3. The monoisotopic (exact) mass is 348 g/mol. The molecule has 1 atom stereocenters. The molecule has 0 aliphatic heterocycles. The summed E-state index contributed by atoms with van der Waals surface area (Å²) in [7, 11) is -2.60. The molecule has 0 saturated carbocycles. The first-order chi connectivity index (χ1) is 10.6. The van der Waals surface area contributed by atoms with E-state index in [4.69, 9.17) is 0 Å². The van der Waals surface area contributed by atoms with Crippen molar-refractivity contribution in [1.82, 2.24) is 0 Å². The average Bonchev–Trinajstić information content (AvgIpc) is 2.49. The predicted molar refractivity (Wildman–Crippen MR) is 83.8 cm³/mol. The summed E-state index contributed by atoms with van der Waals surface area (Å²) < 4.78 is 55.1. The van der Waals surface area contributed by atoms with Gasteiger partial charge in [0.2, 0.25) is 0 Å². The van der Waals surface area contributed by atoms with Crippen molar-refractivity contribution in [2.24, 2.45) is 0 Å². The highest BCUT2D eigenvalue weighted by molar-refractivity contribution is 7.90. The Labute approximate surface area is 135 Å². The van der Waals surface area contributed by atoms with Gasteiger partial charge < -0.3 is 4.74 Å². The third-order valence-electron chi connectivity index (χ3n) is 3.74. The van der Waals surface area contributed by atoms with Crippen LogP contribution in [0.5, 0.6) is 0 Å². The topological polar surface area (TPSA) is 60.4 Å². The fourth-order valence-electron chi connectivity index (χ4n) is 2.45. The molecule has 0 aromatic heterocycles. The maximum absolute atomic E-state index is 13.3.